The van der Waals surface area contributed by atoms with Crippen molar-refractivity contribution in [3.8, 4) is 12.1 Å². The first kappa shape index (κ1) is 16.9. The van der Waals surface area contributed by atoms with Crippen LogP contribution in [0.4, 0.5) is 5.69 Å². The number of anilines is 1. The van der Waals surface area contributed by atoms with Gasteiger partial charge in [0.1, 0.15) is 12.1 Å². The predicted octanol–water partition coefficient (Wildman–Crippen LogP) is 2.25. The predicted molar refractivity (Wildman–Crippen MR) is 86.0 cm³/mol. The Bertz CT molecular complexity index is 837. The second-order valence-corrected chi connectivity index (χ2v) is 5.09. The number of carbonyl (C=O) groups is 2. The third kappa shape index (κ3) is 3.84. The molecule has 0 spiro atoms. The molecule has 1 heterocycles. The summed E-state index contributed by atoms with van der Waals surface area (Å²) in [5, 5.41) is 20.7. The molecule has 2 aromatic rings. The zero-order valence-corrected chi connectivity index (χ0v) is 13.1. The second kappa shape index (κ2) is 7.70. The normalized spacial score (nSPS) is 9.79. The number of nitrogens with zero attached hydrogens (tertiary/aromatic N) is 4. The van der Waals surface area contributed by atoms with Gasteiger partial charge in [-0.1, -0.05) is 6.92 Å². The van der Waals surface area contributed by atoms with Crippen LogP contribution in [0, 0.1) is 22.7 Å². The van der Waals surface area contributed by atoms with E-state index in [2.05, 4.69) is 10.3 Å². The van der Waals surface area contributed by atoms with E-state index in [1.165, 1.54) is 10.9 Å². The zero-order valence-electron chi connectivity index (χ0n) is 13.1. The molecule has 1 amide bonds. The number of imidazole rings is 1. The van der Waals surface area contributed by atoms with Gasteiger partial charge < -0.3 is 9.88 Å². The van der Waals surface area contributed by atoms with E-state index in [0.717, 1.165) is 6.42 Å². The number of hydrogen-bond acceptors (Lipinski definition) is 5. The molecule has 2 rings (SSSR count). The molecule has 1 aromatic heterocycles. The Morgan fingerprint density at radius 3 is 2.50 bits per heavy atom. The molecular formula is C17H15N5O2. The van der Waals surface area contributed by atoms with Gasteiger partial charge in [-0.2, -0.15) is 10.5 Å². The maximum atomic E-state index is 12.3. The van der Waals surface area contributed by atoms with E-state index in [-0.39, 0.29) is 29.6 Å². The van der Waals surface area contributed by atoms with Gasteiger partial charge >= 0.3 is 0 Å². The number of rotatable bonds is 6. The Labute approximate surface area is 139 Å². The lowest BCUT2D eigenvalue weighted by Gasteiger charge is -2.06. The highest BCUT2D eigenvalue weighted by Crippen LogP contribution is 2.13. The molecule has 0 bridgehead atoms. The SMILES string of the molecule is CCCC(=O)Nc1ccc(C(=O)Cn2cnc(C#N)c2C#N)cc1. The third-order valence-corrected chi connectivity index (χ3v) is 3.33. The number of benzene rings is 1. The quantitative estimate of drug-likeness (QED) is 0.820. The van der Waals surface area contributed by atoms with E-state index in [4.69, 9.17) is 10.5 Å². The third-order valence-electron chi connectivity index (χ3n) is 3.33. The minimum atomic E-state index is -0.222. The number of ketones is 1. The monoisotopic (exact) mass is 321 g/mol. The maximum absolute atomic E-state index is 12.3. The Kier molecular flexibility index (Phi) is 5.43. The Balaban J connectivity index is 2.09. The number of Topliss-reactive ketones (excluding diaryl/α,β-unsaturated/α-hetero) is 1. The van der Waals surface area contributed by atoms with Crippen molar-refractivity contribution in [2.75, 3.05) is 5.32 Å². The highest BCUT2D eigenvalue weighted by molar-refractivity contribution is 5.97. The summed E-state index contributed by atoms with van der Waals surface area (Å²) in [5.41, 5.74) is 1.13. The molecule has 1 N–H and O–H groups in total. The van der Waals surface area contributed by atoms with Crippen molar-refractivity contribution in [2.45, 2.75) is 26.3 Å². The molecule has 0 radical (unpaired) electrons. The molecule has 0 unspecified atom stereocenters. The lowest BCUT2D eigenvalue weighted by molar-refractivity contribution is -0.116. The van der Waals surface area contributed by atoms with Crippen LogP contribution < -0.4 is 5.32 Å². The summed E-state index contributed by atoms with van der Waals surface area (Å²) in [6, 6.07) is 10.2. The van der Waals surface area contributed by atoms with Gasteiger partial charge in [-0.05, 0) is 30.7 Å². The first-order valence-electron chi connectivity index (χ1n) is 7.37. The van der Waals surface area contributed by atoms with Gasteiger partial charge in [-0.15, -0.1) is 0 Å². The molecule has 0 fully saturated rings. The van der Waals surface area contributed by atoms with Crippen LogP contribution in [-0.4, -0.2) is 21.2 Å². The molecular weight excluding hydrogens is 306 g/mol. The maximum Gasteiger partial charge on any atom is 0.224 e. The number of amides is 1. The number of nitrogens with one attached hydrogen (secondary N) is 1. The van der Waals surface area contributed by atoms with Crippen LogP contribution in [-0.2, 0) is 11.3 Å². The van der Waals surface area contributed by atoms with Crippen LogP contribution in [0.15, 0.2) is 30.6 Å². The van der Waals surface area contributed by atoms with Crippen molar-refractivity contribution in [2.24, 2.45) is 0 Å². The van der Waals surface area contributed by atoms with Gasteiger partial charge in [0.05, 0.1) is 12.9 Å². The fraction of sp³-hybridized carbons (Fsp3) is 0.235. The minimum absolute atomic E-state index is 0.000663. The number of nitriles is 2. The summed E-state index contributed by atoms with van der Waals surface area (Å²) in [5.74, 6) is -0.294. The standard InChI is InChI=1S/C17H15N5O2/c1-2-3-17(24)21-13-6-4-12(5-7-13)16(23)10-22-11-20-14(8-18)15(22)9-19/h4-7,11H,2-3,10H2,1H3,(H,21,24). The summed E-state index contributed by atoms with van der Waals surface area (Å²) < 4.78 is 1.35. The summed E-state index contributed by atoms with van der Waals surface area (Å²) in [7, 11) is 0. The summed E-state index contributed by atoms with van der Waals surface area (Å²) >= 11 is 0. The van der Waals surface area contributed by atoms with E-state index in [1.54, 1.807) is 24.3 Å². The van der Waals surface area contributed by atoms with Gasteiger partial charge in [0.2, 0.25) is 5.91 Å². The summed E-state index contributed by atoms with van der Waals surface area (Å²) in [6.07, 6.45) is 2.51. The van der Waals surface area contributed by atoms with Gasteiger partial charge in [-0.3, -0.25) is 9.59 Å². The molecule has 0 aliphatic rings. The molecule has 7 nitrogen and oxygen atoms in total. The van der Waals surface area contributed by atoms with Crippen LogP contribution in [0.1, 0.15) is 41.5 Å². The van der Waals surface area contributed by atoms with E-state index < -0.39 is 0 Å². The van der Waals surface area contributed by atoms with E-state index in [0.29, 0.717) is 17.7 Å². The van der Waals surface area contributed by atoms with Crippen molar-refractivity contribution < 1.29 is 9.59 Å². The topological polar surface area (TPSA) is 112 Å². The largest absolute Gasteiger partial charge is 0.326 e. The van der Waals surface area contributed by atoms with Crippen LogP contribution in [0.5, 0.6) is 0 Å². The van der Waals surface area contributed by atoms with Crippen LogP contribution in [0.3, 0.4) is 0 Å². The molecule has 0 saturated carbocycles. The van der Waals surface area contributed by atoms with Crippen molar-refractivity contribution >= 4 is 17.4 Å². The Morgan fingerprint density at radius 1 is 1.21 bits per heavy atom. The van der Waals surface area contributed by atoms with Crippen molar-refractivity contribution in [3.63, 3.8) is 0 Å². The number of carbonyl (C=O) groups excluding carboxylic acids is 2. The highest BCUT2D eigenvalue weighted by Gasteiger charge is 2.14. The summed E-state index contributed by atoms with van der Waals surface area (Å²) in [6.45, 7) is 1.84. The molecule has 1 aromatic carbocycles. The number of hydrogen-bond donors (Lipinski definition) is 1. The molecule has 0 saturated heterocycles. The first-order chi connectivity index (χ1) is 11.6. The van der Waals surface area contributed by atoms with Crippen molar-refractivity contribution in [1.29, 1.82) is 10.5 Å². The second-order valence-electron chi connectivity index (χ2n) is 5.09. The number of aromatic nitrogens is 2. The fourth-order valence-electron chi connectivity index (χ4n) is 2.14. The van der Waals surface area contributed by atoms with Gasteiger partial charge in [-0.25, -0.2) is 4.98 Å². The molecule has 0 aliphatic heterocycles. The van der Waals surface area contributed by atoms with E-state index in [1.807, 2.05) is 19.1 Å². The van der Waals surface area contributed by atoms with Crippen molar-refractivity contribution in [1.82, 2.24) is 9.55 Å². The Morgan fingerprint density at radius 2 is 1.92 bits per heavy atom. The zero-order chi connectivity index (χ0) is 17.5. The molecule has 0 aliphatic carbocycles. The molecule has 120 valence electrons. The molecule has 7 heteroatoms. The first-order valence-corrected chi connectivity index (χ1v) is 7.37. The van der Waals surface area contributed by atoms with Crippen molar-refractivity contribution in [3.05, 3.63) is 47.5 Å². The van der Waals surface area contributed by atoms with Gasteiger partial charge in [0.25, 0.3) is 0 Å². The van der Waals surface area contributed by atoms with Crippen LogP contribution in [0.25, 0.3) is 0 Å². The lowest BCUT2D eigenvalue weighted by atomic mass is 10.1. The average molecular weight is 321 g/mol. The van der Waals surface area contributed by atoms with E-state index >= 15 is 0 Å². The van der Waals surface area contributed by atoms with Crippen LogP contribution in [0.2, 0.25) is 0 Å². The van der Waals surface area contributed by atoms with Gasteiger partial charge in [0.15, 0.2) is 17.2 Å². The molecule has 24 heavy (non-hydrogen) atoms. The van der Waals surface area contributed by atoms with E-state index in [9.17, 15) is 9.59 Å². The minimum Gasteiger partial charge on any atom is -0.326 e. The Hall–Kier alpha value is -3.45. The summed E-state index contributed by atoms with van der Waals surface area (Å²) in [4.78, 5) is 27.6. The molecule has 0 atom stereocenters. The van der Waals surface area contributed by atoms with Gasteiger partial charge in [0, 0.05) is 17.7 Å². The smallest absolute Gasteiger partial charge is 0.224 e. The highest BCUT2D eigenvalue weighted by atomic mass is 16.1. The fourth-order valence-corrected chi connectivity index (χ4v) is 2.14. The van der Waals surface area contributed by atoms with Crippen LogP contribution >= 0.6 is 0 Å². The average Bonchev–Trinajstić information content (AvgIpc) is 2.97. The lowest BCUT2D eigenvalue weighted by Crippen LogP contribution is -2.12.